The van der Waals surface area contributed by atoms with Crippen molar-refractivity contribution < 1.29 is 13.5 Å². The molecule has 3 N–H and O–H groups in total. The predicted octanol–water partition coefficient (Wildman–Crippen LogP) is -0.495. The van der Waals surface area contributed by atoms with Gasteiger partial charge in [0.15, 0.2) is 5.03 Å². The van der Waals surface area contributed by atoms with E-state index in [-0.39, 0.29) is 16.5 Å². The maximum Gasteiger partial charge on any atom is 0.281 e. The third-order valence-corrected chi connectivity index (χ3v) is 3.78. The van der Waals surface area contributed by atoms with Crippen molar-refractivity contribution in [2.45, 2.75) is 25.5 Å². The summed E-state index contributed by atoms with van der Waals surface area (Å²) in [7, 11) is -3.94. The first-order valence-corrected chi connectivity index (χ1v) is 6.76. The van der Waals surface area contributed by atoms with Crippen LogP contribution in [0.5, 0.6) is 0 Å². The van der Waals surface area contributed by atoms with Crippen LogP contribution in [-0.2, 0) is 16.6 Å². The van der Waals surface area contributed by atoms with Crippen LogP contribution in [0, 0.1) is 13.8 Å². The molecule has 9 nitrogen and oxygen atoms in total. The summed E-state index contributed by atoms with van der Waals surface area (Å²) in [5.74, 6) is -0.137. The van der Waals surface area contributed by atoms with Gasteiger partial charge in [0, 0.05) is 5.56 Å². The monoisotopic (exact) mass is 284 g/mol. The van der Waals surface area contributed by atoms with Gasteiger partial charge in [-0.05, 0) is 13.8 Å². The van der Waals surface area contributed by atoms with Crippen LogP contribution in [0.25, 0.3) is 0 Å². The van der Waals surface area contributed by atoms with E-state index in [1.165, 1.54) is 6.20 Å². The largest absolute Gasteiger partial charge is 0.392 e. The third kappa shape index (κ3) is 2.69. The second-order valence-corrected chi connectivity index (χ2v) is 5.41. The fraction of sp³-hybridized carbons (Fsp3) is 0.333. The van der Waals surface area contributed by atoms with E-state index in [4.69, 9.17) is 5.11 Å². The molecule has 0 spiro atoms. The lowest BCUT2D eigenvalue weighted by Crippen LogP contribution is -2.18. The molecule has 0 radical (unpaired) electrons. The molecule has 0 saturated carbocycles. The average molecular weight is 284 g/mol. The van der Waals surface area contributed by atoms with Crippen LogP contribution >= 0.6 is 0 Å². The van der Waals surface area contributed by atoms with Crippen LogP contribution in [0.2, 0.25) is 0 Å². The highest BCUT2D eigenvalue weighted by Gasteiger charge is 2.22. The number of aryl methyl sites for hydroxylation is 2. The summed E-state index contributed by atoms with van der Waals surface area (Å²) in [5, 5.41) is 22.1. The van der Waals surface area contributed by atoms with Crippen molar-refractivity contribution in [2.75, 3.05) is 4.72 Å². The van der Waals surface area contributed by atoms with Gasteiger partial charge >= 0.3 is 0 Å². The van der Waals surface area contributed by atoms with Crippen LogP contribution < -0.4 is 4.72 Å². The summed E-state index contributed by atoms with van der Waals surface area (Å²) in [4.78, 5) is 3.96. The number of aliphatic hydroxyl groups excluding tert-OH is 1. The van der Waals surface area contributed by atoms with Crippen LogP contribution in [0.15, 0.2) is 11.2 Å². The second-order valence-electron chi connectivity index (χ2n) is 3.79. The minimum Gasteiger partial charge on any atom is -0.392 e. The highest BCUT2D eigenvalue weighted by molar-refractivity contribution is 7.92. The number of nitrogens with zero attached hydrogens (tertiary/aromatic N) is 4. The molecular formula is C9H12N6O3S. The number of anilines is 1. The standard InChI is InChI=1S/C9H12N6O3S/c1-5-6(2)12-14-9(11-5)15-19(17,18)8-7(4-16)3-10-13-8/h3,16H,4H2,1-2H3,(H,10,13)(H,11,14,15). The molecule has 0 fully saturated rings. The van der Waals surface area contributed by atoms with Gasteiger partial charge in [-0.15, -0.1) is 5.10 Å². The number of hydrogen-bond donors (Lipinski definition) is 3. The minimum atomic E-state index is -3.94. The maximum absolute atomic E-state index is 12.0. The lowest BCUT2D eigenvalue weighted by molar-refractivity contribution is 0.278. The molecule has 2 rings (SSSR count). The molecule has 0 aliphatic heterocycles. The molecule has 0 atom stereocenters. The van der Waals surface area contributed by atoms with Crippen molar-refractivity contribution >= 4 is 16.0 Å². The summed E-state index contributed by atoms with van der Waals surface area (Å²) in [6.07, 6.45) is 1.23. The molecule has 0 saturated heterocycles. The fourth-order valence-corrected chi connectivity index (χ4v) is 2.38. The van der Waals surface area contributed by atoms with Gasteiger partial charge in [0.25, 0.3) is 16.0 Å². The number of H-pyrrole nitrogens is 1. The molecule has 2 aromatic heterocycles. The molecule has 0 aromatic carbocycles. The Balaban J connectivity index is 2.34. The zero-order valence-corrected chi connectivity index (χ0v) is 11.1. The molecule has 2 heterocycles. The predicted molar refractivity (Wildman–Crippen MR) is 64.6 cm³/mol. The van der Waals surface area contributed by atoms with E-state index in [1.807, 2.05) is 0 Å². The first kappa shape index (κ1) is 13.4. The van der Waals surface area contributed by atoms with Gasteiger partial charge in [-0.1, -0.05) is 0 Å². The number of aromatic nitrogens is 5. The first-order valence-electron chi connectivity index (χ1n) is 5.28. The van der Waals surface area contributed by atoms with Crippen molar-refractivity contribution in [1.29, 1.82) is 0 Å². The van der Waals surface area contributed by atoms with Crippen LogP contribution in [0.1, 0.15) is 17.0 Å². The molecule has 19 heavy (non-hydrogen) atoms. The maximum atomic E-state index is 12.0. The average Bonchev–Trinajstić information content (AvgIpc) is 2.82. The summed E-state index contributed by atoms with van der Waals surface area (Å²) < 4.78 is 26.2. The Hall–Kier alpha value is -2.07. The van der Waals surface area contributed by atoms with E-state index in [9.17, 15) is 8.42 Å². The van der Waals surface area contributed by atoms with E-state index < -0.39 is 16.6 Å². The summed E-state index contributed by atoms with van der Waals surface area (Å²) in [6, 6.07) is 0. The smallest absolute Gasteiger partial charge is 0.281 e. The van der Waals surface area contributed by atoms with Crippen LogP contribution in [0.4, 0.5) is 5.95 Å². The Morgan fingerprint density at radius 2 is 2.05 bits per heavy atom. The molecule has 10 heteroatoms. The lowest BCUT2D eigenvalue weighted by atomic mass is 10.4. The first-order chi connectivity index (χ1) is 8.94. The molecule has 0 bridgehead atoms. The number of hydrogen-bond acceptors (Lipinski definition) is 7. The summed E-state index contributed by atoms with van der Waals surface area (Å²) >= 11 is 0. The Morgan fingerprint density at radius 1 is 1.32 bits per heavy atom. The van der Waals surface area contributed by atoms with Crippen molar-refractivity contribution in [1.82, 2.24) is 25.4 Å². The molecular weight excluding hydrogens is 272 g/mol. The van der Waals surface area contributed by atoms with Crippen molar-refractivity contribution in [2.24, 2.45) is 0 Å². The summed E-state index contributed by atoms with van der Waals surface area (Å²) in [6.45, 7) is 2.96. The number of aliphatic hydroxyl groups is 1. The van der Waals surface area contributed by atoms with Gasteiger partial charge < -0.3 is 5.11 Å². The van der Waals surface area contributed by atoms with Crippen molar-refractivity contribution in [3.63, 3.8) is 0 Å². The highest BCUT2D eigenvalue weighted by atomic mass is 32.2. The van der Waals surface area contributed by atoms with Crippen LogP contribution in [-0.4, -0.2) is 38.9 Å². The zero-order chi connectivity index (χ0) is 14.0. The van der Waals surface area contributed by atoms with Gasteiger partial charge in [0.2, 0.25) is 0 Å². The Morgan fingerprint density at radius 3 is 2.68 bits per heavy atom. The Bertz CT molecular complexity index is 696. The number of aromatic amines is 1. The van der Waals surface area contributed by atoms with Gasteiger partial charge in [0.05, 0.1) is 24.2 Å². The van der Waals surface area contributed by atoms with Crippen molar-refractivity contribution in [3.05, 3.63) is 23.1 Å². The van der Waals surface area contributed by atoms with Gasteiger partial charge in [-0.25, -0.2) is 9.71 Å². The minimum absolute atomic E-state index is 0.137. The fourth-order valence-electron chi connectivity index (χ4n) is 1.32. The van der Waals surface area contributed by atoms with Gasteiger partial charge in [-0.3, -0.25) is 5.10 Å². The number of nitrogens with one attached hydrogen (secondary N) is 2. The van der Waals surface area contributed by atoms with Crippen LogP contribution in [0.3, 0.4) is 0 Å². The molecule has 0 unspecified atom stereocenters. The van der Waals surface area contributed by atoms with E-state index in [0.29, 0.717) is 11.4 Å². The summed E-state index contributed by atoms with van der Waals surface area (Å²) in [5.41, 5.74) is 1.34. The molecule has 0 amide bonds. The number of rotatable bonds is 4. The topological polar surface area (TPSA) is 134 Å². The SMILES string of the molecule is Cc1nnc(NS(=O)(=O)c2[nH]ncc2CO)nc1C. The lowest BCUT2D eigenvalue weighted by Gasteiger charge is -2.06. The second kappa shape index (κ2) is 4.90. The van der Waals surface area contributed by atoms with E-state index in [2.05, 4.69) is 30.1 Å². The Kier molecular flexibility index (Phi) is 3.44. The number of sulfonamides is 1. The zero-order valence-electron chi connectivity index (χ0n) is 10.2. The molecule has 0 aliphatic carbocycles. The van der Waals surface area contributed by atoms with E-state index >= 15 is 0 Å². The normalized spacial score (nSPS) is 11.5. The van der Waals surface area contributed by atoms with Gasteiger partial charge in [-0.2, -0.15) is 18.6 Å². The van der Waals surface area contributed by atoms with E-state index in [0.717, 1.165) is 0 Å². The third-order valence-electron chi connectivity index (χ3n) is 2.43. The molecule has 0 aliphatic rings. The molecule has 102 valence electrons. The molecule has 2 aromatic rings. The highest BCUT2D eigenvalue weighted by Crippen LogP contribution is 2.15. The van der Waals surface area contributed by atoms with Crippen molar-refractivity contribution in [3.8, 4) is 0 Å². The quantitative estimate of drug-likeness (QED) is 0.689. The van der Waals surface area contributed by atoms with Gasteiger partial charge in [0.1, 0.15) is 0 Å². The van der Waals surface area contributed by atoms with E-state index in [1.54, 1.807) is 13.8 Å². The Labute approximate surface area is 109 Å².